The topological polar surface area (TPSA) is 101 Å². The molecule has 0 radical (unpaired) electrons. The van der Waals surface area contributed by atoms with Crippen molar-refractivity contribution in [3.8, 4) is 9.75 Å². The molecule has 2 amide bonds. The van der Waals surface area contributed by atoms with Gasteiger partial charge < -0.3 is 19.5 Å². The van der Waals surface area contributed by atoms with Gasteiger partial charge in [-0.1, -0.05) is 36.4 Å². The zero-order valence-electron chi connectivity index (χ0n) is 25.0. The molecule has 0 aliphatic carbocycles. The third-order valence-corrected chi connectivity index (χ3v) is 11.5. The molecule has 2 atom stereocenters. The average Bonchev–Trinajstić information content (AvgIpc) is 3.84. The van der Waals surface area contributed by atoms with Crippen LogP contribution in [0.25, 0.3) is 20.8 Å². The molecule has 1 aromatic carbocycles. The number of aliphatic hydroxyl groups is 1. The van der Waals surface area contributed by atoms with E-state index in [0.29, 0.717) is 61.4 Å². The van der Waals surface area contributed by atoms with E-state index in [0.717, 1.165) is 15.3 Å². The van der Waals surface area contributed by atoms with Gasteiger partial charge in [-0.2, -0.15) is 0 Å². The summed E-state index contributed by atoms with van der Waals surface area (Å²) >= 11 is 3.18. The number of rotatable bonds is 6. The minimum absolute atomic E-state index is 0.0103. The van der Waals surface area contributed by atoms with Crippen LogP contribution in [0.3, 0.4) is 0 Å². The third-order valence-electron chi connectivity index (χ3n) is 9.35. The fourth-order valence-corrected chi connectivity index (χ4v) is 8.58. The number of aryl methyl sites for hydroxylation is 1. The van der Waals surface area contributed by atoms with Gasteiger partial charge in [0.1, 0.15) is 12.0 Å². The van der Waals surface area contributed by atoms with Crippen molar-refractivity contribution in [2.24, 2.45) is 13.0 Å². The van der Waals surface area contributed by atoms with Gasteiger partial charge in [0.15, 0.2) is 0 Å². The summed E-state index contributed by atoms with van der Waals surface area (Å²) in [6.45, 7) is 1.94. The molecule has 0 saturated carbocycles. The van der Waals surface area contributed by atoms with Crippen molar-refractivity contribution in [1.82, 2.24) is 23.9 Å². The van der Waals surface area contributed by atoms with Crippen molar-refractivity contribution in [3.63, 3.8) is 0 Å². The smallest absolute Gasteiger partial charge is 0.263 e. The lowest BCUT2D eigenvalue weighted by atomic mass is 9.79. The molecule has 6 heterocycles. The Hall–Kier alpha value is -4.06. The molecule has 5 aromatic rings. The van der Waals surface area contributed by atoms with E-state index < -0.39 is 5.60 Å². The number of thiophene rings is 2. The summed E-state index contributed by atoms with van der Waals surface area (Å²) in [6, 6.07) is 19.8. The van der Waals surface area contributed by atoms with Crippen LogP contribution < -0.4 is 5.56 Å². The number of aromatic nitrogens is 3. The highest BCUT2D eigenvalue weighted by molar-refractivity contribution is 7.22. The van der Waals surface area contributed by atoms with Gasteiger partial charge in [0.25, 0.3) is 11.5 Å². The van der Waals surface area contributed by atoms with E-state index in [9.17, 15) is 19.5 Å². The molecule has 4 aromatic heterocycles. The molecule has 45 heavy (non-hydrogen) atoms. The second-order valence-electron chi connectivity index (χ2n) is 12.2. The van der Waals surface area contributed by atoms with Crippen molar-refractivity contribution < 1.29 is 14.7 Å². The van der Waals surface area contributed by atoms with E-state index in [1.165, 1.54) is 22.2 Å². The summed E-state index contributed by atoms with van der Waals surface area (Å²) < 4.78 is 3.28. The van der Waals surface area contributed by atoms with Gasteiger partial charge in [0.2, 0.25) is 5.91 Å². The standard InChI is InChI=1S/C34H35N5O4S2/c1-36-15-11-25-30(36)35-22-39(32(25)41)21-34(43)13-17-37(18-14-34)31(40)24-12-16-38(20-26(24)23-6-3-2-4-7-23)33(42)29-10-9-28(45-29)27-8-5-19-44-27/h2-11,15,19,22,24,26,43H,12-14,16-18,20-21H2,1H3/t24-,26+/m1/s1. The van der Waals surface area contributed by atoms with Crippen LogP contribution in [0.15, 0.2) is 83.4 Å². The van der Waals surface area contributed by atoms with Crippen molar-refractivity contribution in [1.29, 1.82) is 0 Å². The minimum Gasteiger partial charge on any atom is -0.388 e. The quantitative estimate of drug-likeness (QED) is 0.287. The summed E-state index contributed by atoms with van der Waals surface area (Å²) in [4.78, 5) is 51.9. The maximum atomic E-state index is 14.1. The summed E-state index contributed by atoms with van der Waals surface area (Å²) in [7, 11) is 1.84. The molecule has 2 fully saturated rings. The molecule has 0 spiro atoms. The zero-order valence-corrected chi connectivity index (χ0v) is 26.7. The molecular weight excluding hydrogens is 607 g/mol. The summed E-state index contributed by atoms with van der Waals surface area (Å²) in [5, 5.41) is 14.0. The van der Waals surface area contributed by atoms with Gasteiger partial charge in [-0.05, 0) is 54.5 Å². The lowest BCUT2D eigenvalue weighted by molar-refractivity contribution is -0.142. The Bertz CT molecular complexity index is 1890. The van der Waals surface area contributed by atoms with Crippen LogP contribution in [-0.4, -0.2) is 72.6 Å². The summed E-state index contributed by atoms with van der Waals surface area (Å²) in [6.07, 6.45) is 4.62. The van der Waals surface area contributed by atoms with Gasteiger partial charge >= 0.3 is 0 Å². The van der Waals surface area contributed by atoms with Crippen LogP contribution in [0.2, 0.25) is 0 Å². The van der Waals surface area contributed by atoms with Crippen LogP contribution >= 0.6 is 22.7 Å². The van der Waals surface area contributed by atoms with E-state index >= 15 is 0 Å². The van der Waals surface area contributed by atoms with E-state index in [1.54, 1.807) is 28.2 Å². The largest absolute Gasteiger partial charge is 0.388 e. The Kier molecular flexibility index (Phi) is 7.93. The number of carbonyl (C=O) groups excluding carboxylic acids is 2. The van der Waals surface area contributed by atoms with Crippen LogP contribution in [0, 0.1) is 5.92 Å². The van der Waals surface area contributed by atoms with Gasteiger partial charge in [-0.15, -0.1) is 22.7 Å². The SMILES string of the molecule is Cn1ccc2c(=O)n(CC3(O)CCN(C(=O)[C@@H]4CCN(C(=O)c5ccc(-c6cccs6)s5)C[C@H]4c4ccccc4)CC3)cnc21. The molecule has 2 aliphatic rings. The zero-order chi connectivity index (χ0) is 31.1. The Morgan fingerprint density at radius 1 is 0.978 bits per heavy atom. The van der Waals surface area contributed by atoms with Gasteiger partial charge in [-0.25, -0.2) is 4.98 Å². The van der Waals surface area contributed by atoms with Crippen molar-refractivity contribution >= 4 is 45.5 Å². The highest BCUT2D eigenvalue weighted by Crippen LogP contribution is 2.37. The Morgan fingerprint density at radius 2 is 1.78 bits per heavy atom. The van der Waals surface area contributed by atoms with Gasteiger partial charge in [-0.3, -0.25) is 19.0 Å². The first-order valence-electron chi connectivity index (χ1n) is 15.3. The second-order valence-corrected chi connectivity index (χ2v) is 14.2. The highest BCUT2D eigenvalue weighted by atomic mass is 32.1. The normalized spacial score (nSPS) is 20.0. The number of likely N-dealkylation sites (tertiary alicyclic amines) is 2. The molecule has 232 valence electrons. The molecule has 1 N–H and O–H groups in total. The average molecular weight is 642 g/mol. The van der Waals surface area contributed by atoms with Crippen molar-refractivity contribution in [2.75, 3.05) is 26.2 Å². The molecule has 0 bridgehead atoms. The third kappa shape index (κ3) is 5.76. The number of hydrogen-bond donors (Lipinski definition) is 1. The first kappa shape index (κ1) is 29.6. The second kappa shape index (κ2) is 12.0. The Balaban J connectivity index is 1.04. The van der Waals surface area contributed by atoms with Crippen LogP contribution in [0.1, 0.15) is 40.4 Å². The number of piperidine rings is 2. The van der Waals surface area contributed by atoms with Gasteiger partial charge in [0, 0.05) is 61.0 Å². The summed E-state index contributed by atoms with van der Waals surface area (Å²) in [5.41, 5.74) is 0.380. The van der Waals surface area contributed by atoms with Gasteiger partial charge in [0.05, 0.1) is 22.4 Å². The maximum Gasteiger partial charge on any atom is 0.263 e. The molecule has 9 nitrogen and oxygen atoms in total. The molecule has 0 unspecified atom stereocenters. The lowest BCUT2D eigenvalue weighted by Crippen LogP contribution is -2.53. The number of nitrogens with zero attached hydrogens (tertiary/aromatic N) is 5. The van der Waals surface area contributed by atoms with Crippen LogP contribution in [0.4, 0.5) is 0 Å². The van der Waals surface area contributed by atoms with E-state index in [-0.39, 0.29) is 35.8 Å². The van der Waals surface area contributed by atoms with Crippen molar-refractivity contribution in [3.05, 3.63) is 99.4 Å². The first-order valence-corrected chi connectivity index (χ1v) is 17.0. The summed E-state index contributed by atoms with van der Waals surface area (Å²) in [5.74, 6) is -0.314. The first-order chi connectivity index (χ1) is 21.8. The molecule has 2 aliphatic heterocycles. The number of amides is 2. The molecule has 2 saturated heterocycles. The minimum atomic E-state index is -1.11. The van der Waals surface area contributed by atoms with Crippen LogP contribution in [-0.2, 0) is 18.4 Å². The molecule has 7 rings (SSSR count). The number of benzene rings is 1. The fraction of sp³-hybridized carbons (Fsp3) is 0.353. The van der Waals surface area contributed by atoms with E-state index in [1.807, 2.05) is 70.8 Å². The monoisotopic (exact) mass is 641 g/mol. The number of hydrogen-bond acceptors (Lipinski definition) is 7. The molecule has 11 heteroatoms. The fourth-order valence-electron chi connectivity index (χ4n) is 6.78. The number of carbonyl (C=O) groups is 2. The predicted molar refractivity (Wildman–Crippen MR) is 177 cm³/mol. The molecular formula is C34H35N5O4S2. The van der Waals surface area contributed by atoms with E-state index in [2.05, 4.69) is 11.1 Å². The highest BCUT2D eigenvalue weighted by Gasteiger charge is 2.42. The number of fused-ring (bicyclic) bond motifs is 1. The maximum absolute atomic E-state index is 14.1. The predicted octanol–water partition coefficient (Wildman–Crippen LogP) is 4.82. The van der Waals surface area contributed by atoms with Crippen molar-refractivity contribution in [2.45, 2.75) is 37.3 Å². The lowest BCUT2D eigenvalue weighted by Gasteiger charge is -2.43. The Labute approximate surface area is 269 Å². The Morgan fingerprint density at radius 3 is 2.53 bits per heavy atom. The van der Waals surface area contributed by atoms with Crippen LogP contribution in [0.5, 0.6) is 0 Å². The van der Waals surface area contributed by atoms with E-state index in [4.69, 9.17) is 0 Å².